The van der Waals surface area contributed by atoms with Crippen molar-refractivity contribution < 1.29 is 22.5 Å². The van der Waals surface area contributed by atoms with Crippen molar-refractivity contribution in [3.05, 3.63) is 12.7 Å². The van der Waals surface area contributed by atoms with E-state index in [0.717, 1.165) is 6.08 Å². The van der Waals surface area contributed by atoms with Gasteiger partial charge in [-0.15, -0.1) is 0 Å². The zero-order valence-corrected chi connectivity index (χ0v) is 9.75. The van der Waals surface area contributed by atoms with Gasteiger partial charge in [-0.3, -0.25) is 0 Å². The Bertz CT molecular complexity index is 298. The number of esters is 1. The van der Waals surface area contributed by atoms with Crippen LogP contribution in [-0.4, -0.2) is 30.8 Å². The monoisotopic (exact) mass is 239 g/mol. The first kappa shape index (κ1) is 16.5. The minimum atomic E-state index is -4.16. The largest absolute Gasteiger partial charge is 0.748 e. The first-order chi connectivity index (χ1) is 6.35. The van der Waals surface area contributed by atoms with Crippen molar-refractivity contribution in [3.63, 3.8) is 0 Å². The molecule has 0 bridgehead atoms. The molecule has 7 heteroatoms. The molecule has 0 aliphatic heterocycles. The number of hydrogen-bond donors (Lipinski definition) is 1. The molecule has 0 aromatic rings. The Morgan fingerprint density at radius 3 is 2.53 bits per heavy atom. The maximum absolute atomic E-state index is 10.7. The zero-order chi connectivity index (χ0) is 11.2. The highest BCUT2D eigenvalue weighted by atomic mass is 32.2. The first-order valence-electron chi connectivity index (χ1n) is 4.12. The minimum absolute atomic E-state index is 0. The Labute approximate surface area is 89.6 Å². The molecule has 0 amide bonds. The van der Waals surface area contributed by atoms with Crippen molar-refractivity contribution in [3.8, 4) is 0 Å². The summed E-state index contributed by atoms with van der Waals surface area (Å²) in [4.78, 5) is 10.7. The average Bonchev–Trinajstić information content (AvgIpc) is 2.01. The molecular formula is C8H17NO5S. The summed E-state index contributed by atoms with van der Waals surface area (Å²) in [7, 11) is -4.16. The van der Waals surface area contributed by atoms with Crippen molar-refractivity contribution in [2.45, 2.75) is 25.9 Å². The van der Waals surface area contributed by atoms with E-state index in [1.807, 2.05) is 0 Å². The van der Waals surface area contributed by atoms with Crippen LogP contribution >= 0.6 is 0 Å². The topological polar surface area (TPSA) is 120 Å². The van der Waals surface area contributed by atoms with Gasteiger partial charge in [-0.25, -0.2) is 13.2 Å². The number of carbonyl (C=O) groups is 1. The van der Waals surface area contributed by atoms with E-state index in [1.54, 1.807) is 6.92 Å². The van der Waals surface area contributed by atoms with E-state index in [4.69, 9.17) is 4.74 Å². The van der Waals surface area contributed by atoms with Crippen LogP contribution in [0.2, 0.25) is 0 Å². The molecule has 0 saturated carbocycles. The zero-order valence-electron chi connectivity index (χ0n) is 8.93. The second-order valence-corrected chi connectivity index (χ2v) is 4.38. The Hall–Kier alpha value is -0.920. The number of rotatable bonds is 6. The van der Waals surface area contributed by atoms with Gasteiger partial charge in [0, 0.05) is 11.8 Å². The van der Waals surface area contributed by atoms with Gasteiger partial charge in [0.2, 0.25) is 0 Å². The van der Waals surface area contributed by atoms with Crippen LogP contribution in [0.15, 0.2) is 12.7 Å². The fourth-order valence-corrected chi connectivity index (χ4v) is 1.37. The van der Waals surface area contributed by atoms with Crippen molar-refractivity contribution >= 4 is 16.1 Å². The molecule has 6 nitrogen and oxygen atoms in total. The van der Waals surface area contributed by atoms with Gasteiger partial charge in [-0.1, -0.05) is 6.58 Å². The molecule has 90 valence electrons. The molecule has 0 fully saturated rings. The van der Waals surface area contributed by atoms with Crippen LogP contribution in [0.3, 0.4) is 0 Å². The molecule has 0 aromatic heterocycles. The third-order valence-electron chi connectivity index (χ3n) is 1.49. The molecule has 0 rings (SSSR count). The van der Waals surface area contributed by atoms with E-state index >= 15 is 0 Å². The van der Waals surface area contributed by atoms with Gasteiger partial charge in [0.15, 0.2) is 0 Å². The molecule has 1 unspecified atom stereocenters. The van der Waals surface area contributed by atoms with Crippen molar-refractivity contribution in [2.24, 2.45) is 0 Å². The fraction of sp³-hybridized carbons (Fsp3) is 0.625. The van der Waals surface area contributed by atoms with Crippen LogP contribution in [0.25, 0.3) is 0 Å². The lowest BCUT2D eigenvalue weighted by Gasteiger charge is -2.12. The SMILES string of the molecule is C=CC(=O)OC(C)CCCS(=O)(=O)[O-].[NH4+]. The molecule has 0 saturated heterocycles. The van der Waals surface area contributed by atoms with Crippen LogP contribution in [0.4, 0.5) is 0 Å². The highest BCUT2D eigenvalue weighted by molar-refractivity contribution is 7.85. The maximum atomic E-state index is 10.7. The number of quaternary nitrogens is 1. The van der Waals surface area contributed by atoms with E-state index in [9.17, 15) is 17.8 Å². The van der Waals surface area contributed by atoms with Gasteiger partial charge >= 0.3 is 5.97 Å². The number of ether oxygens (including phenoxy) is 1. The van der Waals surface area contributed by atoms with Crippen molar-refractivity contribution in [2.75, 3.05) is 5.75 Å². The van der Waals surface area contributed by atoms with Crippen LogP contribution in [-0.2, 0) is 19.6 Å². The van der Waals surface area contributed by atoms with Gasteiger partial charge in [-0.2, -0.15) is 0 Å². The van der Waals surface area contributed by atoms with E-state index in [0.29, 0.717) is 6.42 Å². The predicted octanol–water partition coefficient (Wildman–Crippen LogP) is 0.806. The number of hydrogen-bond acceptors (Lipinski definition) is 5. The molecule has 0 spiro atoms. The van der Waals surface area contributed by atoms with Gasteiger partial charge in [-0.05, 0) is 19.8 Å². The van der Waals surface area contributed by atoms with Crippen LogP contribution in [0.5, 0.6) is 0 Å². The first-order valence-corrected chi connectivity index (χ1v) is 5.69. The Balaban J connectivity index is 0. The summed E-state index contributed by atoms with van der Waals surface area (Å²) < 4.78 is 35.4. The average molecular weight is 239 g/mol. The summed E-state index contributed by atoms with van der Waals surface area (Å²) >= 11 is 0. The van der Waals surface area contributed by atoms with E-state index in [2.05, 4.69) is 6.58 Å². The molecule has 1 atom stereocenters. The molecule has 4 N–H and O–H groups in total. The van der Waals surface area contributed by atoms with Gasteiger partial charge < -0.3 is 15.4 Å². The number of carbonyl (C=O) groups excluding carboxylic acids is 1. The quantitative estimate of drug-likeness (QED) is 0.417. The molecule has 0 aliphatic carbocycles. The molecular weight excluding hydrogens is 222 g/mol. The summed E-state index contributed by atoms with van der Waals surface area (Å²) in [6.07, 6.45) is 1.17. The Kier molecular flexibility index (Phi) is 8.12. The summed E-state index contributed by atoms with van der Waals surface area (Å²) in [5.41, 5.74) is 0. The minimum Gasteiger partial charge on any atom is -0.748 e. The van der Waals surface area contributed by atoms with Crippen LogP contribution in [0.1, 0.15) is 19.8 Å². The molecule has 0 aliphatic rings. The third kappa shape index (κ3) is 11.0. The highest BCUT2D eigenvalue weighted by Gasteiger charge is 2.06. The lowest BCUT2D eigenvalue weighted by atomic mass is 10.2. The van der Waals surface area contributed by atoms with E-state index in [-0.39, 0.29) is 12.6 Å². The maximum Gasteiger partial charge on any atom is 0.330 e. The van der Waals surface area contributed by atoms with Gasteiger partial charge in [0.1, 0.15) is 0 Å². The van der Waals surface area contributed by atoms with E-state index < -0.39 is 27.9 Å². The van der Waals surface area contributed by atoms with E-state index in [1.165, 1.54) is 0 Å². The van der Waals surface area contributed by atoms with Gasteiger partial charge in [0.05, 0.1) is 16.2 Å². The summed E-state index contributed by atoms with van der Waals surface area (Å²) in [5.74, 6) is -0.981. The Morgan fingerprint density at radius 1 is 1.60 bits per heavy atom. The summed E-state index contributed by atoms with van der Waals surface area (Å²) in [6, 6.07) is 0. The second kappa shape index (κ2) is 7.38. The lowest BCUT2D eigenvalue weighted by Crippen LogP contribution is -2.14. The highest BCUT2D eigenvalue weighted by Crippen LogP contribution is 2.03. The van der Waals surface area contributed by atoms with Crippen LogP contribution in [0, 0.1) is 0 Å². The third-order valence-corrected chi connectivity index (χ3v) is 2.28. The summed E-state index contributed by atoms with van der Waals surface area (Å²) in [6.45, 7) is 4.84. The van der Waals surface area contributed by atoms with Crippen LogP contribution < -0.4 is 6.15 Å². The smallest absolute Gasteiger partial charge is 0.330 e. The normalized spacial score (nSPS) is 12.4. The predicted molar refractivity (Wildman–Crippen MR) is 55.5 cm³/mol. The summed E-state index contributed by atoms with van der Waals surface area (Å²) in [5, 5.41) is 0. The fourth-order valence-electron chi connectivity index (χ4n) is 0.853. The van der Waals surface area contributed by atoms with Crippen molar-refractivity contribution in [1.82, 2.24) is 6.15 Å². The van der Waals surface area contributed by atoms with Crippen molar-refractivity contribution in [1.29, 1.82) is 0 Å². The standard InChI is InChI=1S/C8H14O5S.H3N/c1-3-8(9)13-7(2)5-4-6-14(10,11)12;/h3,7H,1,4-6H2,2H3,(H,10,11,12);1H3. The molecule has 15 heavy (non-hydrogen) atoms. The second-order valence-electron chi connectivity index (χ2n) is 2.86. The molecule has 0 aromatic carbocycles. The Morgan fingerprint density at radius 2 is 2.13 bits per heavy atom. The lowest BCUT2D eigenvalue weighted by molar-refractivity contribution is -0.142. The molecule has 0 radical (unpaired) electrons. The molecule has 0 heterocycles. The van der Waals surface area contributed by atoms with Gasteiger partial charge in [0.25, 0.3) is 0 Å².